The second kappa shape index (κ2) is 7.74. The summed E-state index contributed by atoms with van der Waals surface area (Å²) in [6, 6.07) is 5.89. The molecule has 1 aromatic rings. The van der Waals surface area contributed by atoms with Gasteiger partial charge < -0.3 is 0 Å². The van der Waals surface area contributed by atoms with E-state index in [-0.39, 0.29) is 29.0 Å². The van der Waals surface area contributed by atoms with Crippen LogP contribution in [0.3, 0.4) is 0 Å². The lowest BCUT2D eigenvalue weighted by Gasteiger charge is -2.26. The van der Waals surface area contributed by atoms with Crippen molar-refractivity contribution in [2.45, 2.75) is 31.2 Å². The first-order valence-corrected chi connectivity index (χ1v) is 10.5. The zero-order valence-corrected chi connectivity index (χ0v) is 15.2. The summed E-state index contributed by atoms with van der Waals surface area (Å²) in [5, 5.41) is 0.122. The summed E-state index contributed by atoms with van der Waals surface area (Å²) in [5.74, 6) is 0. The van der Waals surface area contributed by atoms with E-state index >= 15 is 0 Å². The highest BCUT2D eigenvalue weighted by atomic mass is 35.5. The lowest BCUT2D eigenvalue weighted by Crippen LogP contribution is -2.42. The van der Waals surface area contributed by atoms with Crippen LogP contribution in [0.25, 0.3) is 0 Å². The van der Waals surface area contributed by atoms with Gasteiger partial charge in [0.05, 0.1) is 11.3 Å². The van der Waals surface area contributed by atoms with Crippen molar-refractivity contribution in [3.05, 3.63) is 29.3 Å². The van der Waals surface area contributed by atoms with E-state index in [1.165, 1.54) is 16.4 Å². The van der Waals surface area contributed by atoms with Gasteiger partial charge in [-0.3, -0.25) is 0 Å². The van der Waals surface area contributed by atoms with Gasteiger partial charge in [-0.25, -0.2) is 21.6 Å². The first-order chi connectivity index (χ1) is 10.1. The Balaban J connectivity index is 2.79. The van der Waals surface area contributed by atoms with Crippen LogP contribution in [-0.4, -0.2) is 46.5 Å². The fourth-order valence-corrected chi connectivity index (χ4v) is 4.71. The van der Waals surface area contributed by atoms with Gasteiger partial charge in [-0.2, -0.15) is 4.31 Å². The van der Waals surface area contributed by atoms with Crippen LogP contribution in [0.2, 0.25) is 5.02 Å². The van der Waals surface area contributed by atoms with Gasteiger partial charge >= 0.3 is 0 Å². The third-order valence-corrected chi connectivity index (χ3v) is 6.61. The van der Waals surface area contributed by atoms with Gasteiger partial charge in [-0.05, 0) is 25.5 Å². The number of benzene rings is 1. The van der Waals surface area contributed by atoms with Crippen molar-refractivity contribution in [1.82, 2.24) is 9.03 Å². The molecule has 1 rings (SSSR count). The molecule has 0 aliphatic carbocycles. The van der Waals surface area contributed by atoms with E-state index in [9.17, 15) is 16.8 Å². The molecule has 0 fully saturated rings. The fourth-order valence-electron chi connectivity index (χ4n) is 1.95. The average molecular weight is 369 g/mol. The highest BCUT2D eigenvalue weighted by molar-refractivity contribution is 7.89. The summed E-state index contributed by atoms with van der Waals surface area (Å²) in [6.07, 6.45) is 1.76. The highest BCUT2D eigenvalue weighted by Gasteiger charge is 2.23. The predicted octanol–water partition coefficient (Wildman–Crippen LogP) is 1.68. The topological polar surface area (TPSA) is 83.6 Å². The predicted molar refractivity (Wildman–Crippen MR) is 87.9 cm³/mol. The third-order valence-electron chi connectivity index (χ3n) is 3.26. The molecule has 22 heavy (non-hydrogen) atoms. The quantitative estimate of drug-likeness (QED) is 0.756. The molecule has 0 spiro atoms. The molecule has 0 amide bonds. The van der Waals surface area contributed by atoms with Crippen LogP contribution in [0.5, 0.6) is 0 Å². The Kier molecular flexibility index (Phi) is 6.82. The maximum Gasteiger partial charge on any atom is 0.242 e. The second-order valence-electron chi connectivity index (χ2n) is 4.96. The van der Waals surface area contributed by atoms with E-state index in [4.69, 9.17) is 11.6 Å². The Morgan fingerprint density at radius 3 is 2.32 bits per heavy atom. The molecule has 0 radical (unpaired) electrons. The standard InChI is InChI=1S/C13H21ClN2O4S2/c1-4-11(2)16(21(3,17)18)10-9-15-22(19,20)13-8-6-5-7-12(13)14/h5-8,11,15H,4,9-10H2,1-3H3. The number of nitrogens with zero attached hydrogens (tertiary/aromatic N) is 1. The molecule has 0 aliphatic rings. The normalized spacial score (nSPS) is 14.2. The Morgan fingerprint density at radius 1 is 1.23 bits per heavy atom. The van der Waals surface area contributed by atoms with Gasteiger partial charge in [0.1, 0.15) is 4.90 Å². The van der Waals surface area contributed by atoms with E-state index in [0.29, 0.717) is 6.42 Å². The molecule has 9 heteroatoms. The molecule has 1 atom stereocenters. The Bertz CT molecular complexity index is 705. The summed E-state index contributed by atoms with van der Waals surface area (Å²) < 4.78 is 51.5. The van der Waals surface area contributed by atoms with Gasteiger partial charge in [0.15, 0.2) is 0 Å². The molecule has 126 valence electrons. The lowest BCUT2D eigenvalue weighted by molar-refractivity contribution is 0.335. The minimum absolute atomic E-state index is 0.0221. The molecule has 0 bridgehead atoms. The van der Waals surface area contributed by atoms with Crippen LogP contribution in [0.1, 0.15) is 20.3 Å². The molecule has 1 unspecified atom stereocenters. The van der Waals surface area contributed by atoms with E-state index in [1.807, 2.05) is 6.92 Å². The van der Waals surface area contributed by atoms with Gasteiger partial charge in [0.25, 0.3) is 0 Å². The monoisotopic (exact) mass is 368 g/mol. The van der Waals surface area contributed by atoms with Crippen LogP contribution in [0.15, 0.2) is 29.2 Å². The van der Waals surface area contributed by atoms with Gasteiger partial charge in [0.2, 0.25) is 20.0 Å². The number of nitrogens with one attached hydrogen (secondary N) is 1. The molecule has 0 saturated heterocycles. The van der Waals surface area contributed by atoms with E-state index in [2.05, 4.69) is 4.72 Å². The van der Waals surface area contributed by atoms with Crippen molar-refractivity contribution >= 4 is 31.6 Å². The molecule has 0 saturated carbocycles. The largest absolute Gasteiger partial charge is 0.242 e. The molecule has 0 aliphatic heterocycles. The zero-order chi connectivity index (χ0) is 17.0. The van der Waals surface area contributed by atoms with Gasteiger partial charge in [-0.15, -0.1) is 0 Å². The van der Waals surface area contributed by atoms with Crippen molar-refractivity contribution in [3.8, 4) is 0 Å². The molecule has 0 aromatic heterocycles. The van der Waals surface area contributed by atoms with Crippen molar-refractivity contribution in [2.75, 3.05) is 19.3 Å². The highest BCUT2D eigenvalue weighted by Crippen LogP contribution is 2.20. The van der Waals surface area contributed by atoms with Crippen molar-refractivity contribution in [3.63, 3.8) is 0 Å². The molecule has 1 aromatic carbocycles. The maximum absolute atomic E-state index is 12.2. The smallest absolute Gasteiger partial charge is 0.212 e. The first kappa shape index (κ1) is 19.4. The maximum atomic E-state index is 12.2. The minimum Gasteiger partial charge on any atom is -0.212 e. The van der Waals surface area contributed by atoms with Crippen LogP contribution >= 0.6 is 11.6 Å². The summed E-state index contributed by atoms with van der Waals surface area (Å²) in [7, 11) is -7.16. The third kappa shape index (κ3) is 5.20. The SMILES string of the molecule is CCC(C)N(CCNS(=O)(=O)c1ccccc1Cl)S(C)(=O)=O. The van der Waals surface area contributed by atoms with E-state index in [0.717, 1.165) is 6.26 Å². The minimum atomic E-state index is -3.77. The summed E-state index contributed by atoms with van der Waals surface area (Å²) in [6.45, 7) is 3.70. The van der Waals surface area contributed by atoms with Crippen molar-refractivity contribution in [2.24, 2.45) is 0 Å². The Hall–Kier alpha value is -0.670. The van der Waals surface area contributed by atoms with Gasteiger partial charge in [0, 0.05) is 19.1 Å². The lowest BCUT2D eigenvalue weighted by atomic mass is 10.2. The first-order valence-electron chi connectivity index (χ1n) is 6.80. The molecular formula is C13H21ClN2O4S2. The van der Waals surface area contributed by atoms with Gasteiger partial charge in [-0.1, -0.05) is 30.7 Å². The van der Waals surface area contributed by atoms with Crippen LogP contribution in [0.4, 0.5) is 0 Å². The van der Waals surface area contributed by atoms with E-state index < -0.39 is 20.0 Å². The number of sulfonamides is 2. The Morgan fingerprint density at radius 2 is 1.82 bits per heavy atom. The van der Waals surface area contributed by atoms with Crippen LogP contribution in [0, 0.1) is 0 Å². The van der Waals surface area contributed by atoms with Crippen molar-refractivity contribution < 1.29 is 16.8 Å². The number of hydrogen-bond acceptors (Lipinski definition) is 4. The number of rotatable bonds is 8. The number of hydrogen-bond donors (Lipinski definition) is 1. The van der Waals surface area contributed by atoms with E-state index in [1.54, 1.807) is 19.1 Å². The van der Waals surface area contributed by atoms with Crippen molar-refractivity contribution in [1.29, 1.82) is 0 Å². The fraction of sp³-hybridized carbons (Fsp3) is 0.538. The number of halogens is 1. The molecular weight excluding hydrogens is 348 g/mol. The second-order valence-corrected chi connectivity index (χ2v) is 9.04. The van der Waals surface area contributed by atoms with Crippen LogP contribution < -0.4 is 4.72 Å². The summed E-state index contributed by atoms with van der Waals surface area (Å²) >= 11 is 5.87. The molecule has 1 N–H and O–H groups in total. The Labute approximate surface area is 137 Å². The zero-order valence-electron chi connectivity index (χ0n) is 12.8. The summed E-state index contributed by atoms with van der Waals surface area (Å²) in [5.41, 5.74) is 0. The summed E-state index contributed by atoms with van der Waals surface area (Å²) in [4.78, 5) is -0.0221. The molecule has 6 nitrogen and oxygen atoms in total. The average Bonchev–Trinajstić information content (AvgIpc) is 2.41. The van der Waals surface area contributed by atoms with Crippen LogP contribution in [-0.2, 0) is 20.0 Å². The molecule has 0 heterocycles.